The molecule has 6 nitrogen and oxygen atoms in total. The summed E-state index contributed by atoms with van der Waals surface area (Å²) in [6, 6.07) is 9.00. The summed E-state index contributed by atoms with van der Waals surface area (Å²) in [5.41, 5.74) is 2.00. The Morgan fingerprint density at radius 3 is 2.54 bits per heavy atom. The van der Waals surface area contributed by atoms with Crippen LogP contribution in [-0.4, -0.2) is 47.3 Å². The van der Waals surface area contributed by atoms with Crippen molar-refractivity contribution < 1.29 is 4.79 Å². The Labute approximate surface area is 141 Å². The molecule has 2 aromatic rings. The van der Waals surface area contributed by atoms with Gasteiger partial charge in [0.25, 0.3) is 11.5 Å². The molecule has 2 N–H and O–H groups in total. The van der Waals surface area contributed by atoms with Crippen LogP contribution >= 0.6 is 0 Å². The summed E-state index contributed by atoms with van der Waals surface area (Å²) in [5.74, 6) is 0.524. The number of benzene rings is 1. The van der Waals surface area contributed by atoms with E-state index in [2.05, 4.69) is 10.4 Å². The second-order valence-corrected chi connectivity index (χ2v) is 6.47. The summed E-state index contributed by atoms with van der Waals surface area (Å²) >= 11 is 0. The van der Waals surface area contributed by atoms with Crippen molar-refractivity contribution in [2.24, 2.45) is 5.92 Å². The fourth-order valence-electron chi connectivity index (χ4n) is 3.19. The fourth-order valence-corrected chi connectivity index (χ4v) is 3.19. The first kappa shape index (κ1) is 16.5. The van der Waals surface area contributed by atoms with Crippen molar-refractivity contribution in [2.75, 3.05) is 26.7 Å². The van der Waals surface area contributed by atoms with Gasteiger partial charge in [-0.3, -0.25) is 14.7 Å². The molecule has 1 aliphatic rings. The maximum absolute atomic E-state index is 12.6. The van der Waals surface area contributed by atoms with Gasteiger partial charge in [0.2, 0.25) is 0 Å². The molecule has 1 aromatic carbocycles. The number of aromatic nitrogens is 2. The molecule has 0 saturated carbocycles. The van der Waals surface area contributed by atoms with Crippen molar-refractivity contribution >= 4 is 5.91 Å². The second kappa shape index (κ2) is 7.05. The lowest BCUT2D eigenvalue weighted by molar-refractivity contribution is 0.0684. The van der Waals surface area contributed by atoms with Crippen LogP contribution in [0, 0.1) is 12.8 Å². The lowest BCUT2D eigenvalue weighted by Crippen LogP contribution is -2.40. The number of hydrogen-bond acceptors (Lipinski definition) is 3. The molecule has 0 radical (unpaired) electrons. The molecule has 0 bridgehead atoms. The normalized spacial score (nSPS) is 15.7. The van der Waals surface area contributed by atoms with Crippen LogP contribution in [0.25, 0.3) is 5.69 Å². The zero-order valence-corrected chi connectivity index (χ0v) is 14.2. The Balaban J connectivity index is 1.74. The van der Waals surface area contributed by atoms with Gasteiger partial charge in [-0.25, -0.2) is 4.68 Å². The molecule has 0 spiro atoms. The number of likely N-dealkylation sites (tertiary alicyclic amines) is 1. The molecule has 0 aliphatic carbocycles. The van der Waals surface area contributed by atoms with Crippen LogP contribution in [0.3, 0.4) is 0 Å². The largest absolute Gasteiger partial charge is 0.337 e. The van der Waals surface area contributed by atoms with Gasteiger partial charge in [-0.15, -0.1) is 0 Å². The van der Waals surface area contributed by atoms with Crippen molar-refractivity contribution in [3.63, 3.8) is 0 Å². The van der Waals surface area contributed by atoms with E-state index < -0.39 is 0 Å². The van der Waals surface area contributed by atoms with Crippen molar-refractivity contribution in [2.45, 2.75) is 19.8 Å². The van der Waals surface area contributed by atoms with E-state index in [1.54, 1.807) is 0 Å². The molecule has 1 aliphatic heterocycles. The highest BCUT2D eigenvalue weighted by atomic mass is 16.2. The number of amides is 1. The summed E-state index contributed by atoms with van der Waals surface area (Å²) in [6.45, 7) is 4.46. The second-order valence-electron chi connectivity index (χ2n) is 6.47. The van der Waals surface area contributed by atoms with E-state index >= 15 is 0 Å². The average molecular weight is 328 g/mol. The number of carbonyl (C=O) groups excluding carboxylic acids is 1. The molecular weight excluding hydrogens is 304 g/mol. The van der Waals surface area contributed by atoms with Gasteiger partial charge >= 0.3 is 0 Å². The molecule has 1 aromatic heterocycles. The van der Waals surface area contributed by atoms with E-state index in [0.29, 0.717) is 11.6 Å². The van der Waals surface area contributed by atoms with Crippen LogP contribution in [-0.2, 0) is 0 Å². The smallest absolute Gasteiger partial charge is 0.271 e. The Morgan fingerprint density at radius 1 is 1.25 bits per heavy atom. The third-order valence-electron chi connectivity index (χ3n) is 4.64. The molecular formula is C18H24N4O2. The van der Waals surface area contributed by atoms with Crippen LogP contribution in [0.15, 0.2) is 35.1 Å². The molecule has 1 saturated heterocycles. The van der Waals surface area contributed by atoms with Gasteiger partial charge in [-0.1, -0.05) is 17.7 Å². The van der Waals surface area contributed by atoms with E-state index in [0.717, 1.165) is 43.7 Å². The number of nitrogens with zero attached hydrogens (tertiary/aromatic N) is 2. The number of aromatic amines is 1. The van der Waals surface area contributed by atoms with Gasteiger partial charge < -0.3 is 10.2 Å². The van der Waals surface area contributed by atoms with E-state index in [9.17, 15) is 9.59 Å². The number of carbonyl (C=O) groups is 1. The highest BCUT2D eigenvalue weighted by molar-refractivity contribution is 5.92. The molecule has 1 amide bonds. The third kappa shape index (κ3) is 3.43. The van der Waals surface area contributed by atoms with Gasteiger partial charge in [0.15, 0.2) is 0 Å². The molecule has 0 atom stereocenters. The number of nitrogens with one attached hydrogen (secondary N) is 2. The van der Waals surface area contributed by atoms with E-state index in [1.165, 1.54) is 10.7 Å². The Hall–Kier alpha value is -2.34. The summed E-state index contributed by atoms with van der Waals surface area (Å²) in [5, 5.41) is 6.14. The highest BCUT2D eigenvalue weighted by Crippen LogP contribution is 2.18. The average Bonchev–Trinajstić information content (AvgIpc) is 2.98. The molecule has 24 heavy (non-hydrogen) atoms. The third-order valence-corrected chi connectivity index (χ3v) is 4.64. The van der Waals surface area contributed by atoms with E-state index in [-0.39, 0.29) is 11.5 Å². The molecule has 0 unspecified atom stereocenters. The number of H-pyrrole nitrogens is 1. The zero-order valence-electron chi connectivity index (χ0n) is 14.2. The van der Waals surface area contributed by atoms with Crippen molar-refractivity contribution in [3.8, 4) is 5.69 Å². The van der Waals surface area contributed by atoms with Crippen molar-refractivity contribution in [3.05, 3.63) is 51.9 Å². The van der Waals surface area contributed by atoms with Gasteiger partial charge in [-0.05, 0) is 51.4 Å². The first-order valence-electron chi connectivity index (χ1n) is 8.41. The van der Waals surface area contributed by atoms with Gasteiger partial charge in [-0.2, -0.15) is 0 Å². The number of aryl methyl sites for hydroxylation is 1. The lowest BCUT2D eigenvalue weighted by atomic mass is 9.96. The predicted molar refractivity (Wildman–Crippen MR) is 93.7 cm³/mol. The Bertz CT molecular complexity index is 752. The number of hydrogen-bond donors (Lipinski definition) is 2. The van der Waals surface area contributed by atoms with Crippen LogP contribution in [0.1, 0.15) is 28.9 Å². The van der Waals surface area contributed by atoms with Crippen LogP contribution in [0.5, 0.6) is 0 Å². The first-order chi connectivity index (χ1) is 11.6. The molecule has 3 rings (SSSR count). The zero-order chi connectivity index (χ0) is 17.1. The minimum absolute atomic E-state index is 0.0964. The van der Waals surface area contributed by atoms with Crippen molar-refractivity contribution in [1.82, 2.24) is 20.0 Å². The molecule has 128 valence electrons. The van der Waals surface area contributed by atoms with Gasteiger partial charge in [0, 0.05) is 19.2 Å². The summed E-state index contributed by atoms with van der Waals surface area (Å²) < 4.78 is 1.42. The van der Waals surface area contributed by atoms with Crippen LogP contribution in [0.2, 0.25) is 0 Å². The Morgan fingerprint density at radius 2 is 1.92 bits per heavy atom. The van der Waals surface area contributed by atoms with E-state index in [4.69, 9.17) is 0 Å². The lowest BCUT2D eigenvalue weighted by Gasteiger charge is -2.31. The standard InChI is InChI=1S/C18H24N4O2/c1-13-3-5-15(6-4-13)22-17(23)11-16(20-22)18(24)21-9-7-14(8-10-21)12-19-2/h3-6,11,14,19-20H,7-10,12H2,1-2H3. The molecule has 2 heterocycles. The molecule has 6 heteroatoms. The SMILES string of the molecule is CNCC1CCN(C(=O)c2cc(=O)n(-c3ccc(C)cc3)[nH]2)CC1. The van der Waals surface area contributed by atoms with Crippen molar-refractivity contribution in [1.29, 1.82) is 0 Å². The minimum Gasteiger partial charge on any atom is -0.337 e. The highest BCUT2D eigenvalue weighted by Gasteiger charge is 2.24. The topological polar surface area (TPSA) is 70.1 Å². The van der Waals surface area contributed by atoms with Gasteiger partial charge in [0.05, 0.1) is 5.69 Å². The predicted octanol–water partition coefficient (Wildman–Crippen LogP) is 1.55. The minimum atomic E-state index is -0.215. The number of rotatable bonds is 4. The van der Waals surface area contributed by atoms with Crippen LogP contribution < -0.4 is 10.9 Å². The number of piperidine rings is 1. The maximum atomic E-state index is 12.6. The van der Waals surface area contributed by atoms with E-state index in [1.807, 2.05) is 43.1 Å². The first-order valence-corrected chi connectivity index (χ1v) is 8.41. The Kier molecular flexibility index (Phi) is 4.85. The van der Waals surface area contributed by atoms with Crippen LogP contribution in [0.4, 0.5) is 0 Å². The maximum Gasteiger partial charge on any atom is 0.271 e. The van der Waals surface area contributed by atoms with Gasteiger partial charge in [0.1, 0.15) is 5.69 Å². The summed E-state index contributed by atoms with van der Waals surface area (Å²) in [7, 11) is 1.95. The molecule has 1 fully saturated rings. The fraction of sp³-hybridized carbons (Fsp3) is 0.444. The summed E-state index contributed by atoms with van der Waals surface area (Å²) in [4.78, 5) is 26.7. The quantitative estimate of drug-likeness (QED) is 0.894. The summed E-state index contributed by atoms with van der Waals surface area (Å²) in [6.07, 6.45) is 1.99. The monoisotopic (exact) mass is 328 g/mol.